The summed E-state index contributed by atoms with van der Waals surface area (Å²) in [5.41, 5.74) is 4.00. The molecule has 0 unspecified atom stereocenters. The summed E-state index contributed by atoms with van der Waals surface area (Å²) in [5.74, 6) is -0.430. The van der Waals surface area contributed by atoms with E-state index in [0.29, 0.717) is 10.6 Å². The van der Waals surface area contributed by atoms with E-state index in [-0.39, 0.29) is 24.2 Å². The van der Waals surface area contributed by atoms with Crippen molar-refractivity contribution in [1.82, 2.24) is 10.4 Å². The van der Waals surface area contributed by atoms with Crippen molar-refractivity contribution in [2.24, 2.45) is 5.10 Å². The van der Waals surface area contributed by atoms with Crippen molar-refractivity contribution in [3.05, 3.63) is 65.2 Å². The SMILES string of the molecule is CC(=O)N1CN(c2ccc(Cl)cc2)N=C(C(=O)c2ccccc2)N1. The van der Waals surface area contributed by atoms with Crippen LogP contribution < -0.4 is 10.4 Å². The van der Waals surface area contributed by atoms with Crippen molar-refractivity contribution in [3.8, 4) is 0 Å². The van der Waals surface area contributed by atoms with Crippen LogP contribution in [0.1, 0.15) is 17.3 Å². The fraction of sp³-hybridized carbons (Fsp3) is 0.118. The third-order valence-electron chi connectivity index (χ3n) is 3.49. The maximum Gasteiger partial charge on any atom is 0.239 e. The number of hydrazone groups is 1. The molecule has 1 aliphatic rings. The minimum absolute atomic E-state index is 0.0811. The average Bonchev–Trinajstić information content (AvgIpc) is 2.62. The van der Waals surface area contributed by atoms with Crippen molar-refractivity contribution in [2.75, 3.05) is 11.7 Å². The van der Waals surface area contributed by atoms with Gasteiger partial charge in [-0.3, -0.25) is 15.0 Å². The molecule has 1 aliphatic heterocycles. The van der Waals surface area contributed by atoms with Gasteiger partial charge in [0.1, 0.15) is 6.67 Å². The molecule has 0 saturated heterocycles. The number of amidine groups is 1. The number of halogens is 1. The van der Waals surface area contributed by atoms with E-state index >= 15 is 0 Å². The first-order chi connectivity index (χ1) is 11.5. The summed E-state index contributed by atoms with van der Waals surface area (Å²) in [6.45, 7) is 1.60. The molecular formula is C17H15ClN4O2. The van der Waals surface area contributed by atoms with Gasteiger partial charge in [-0.15, -0.1) is 5.10 Å². The number of benzene rings is 2. The zero-order chi connectivity index (χ0) is 17.1. The molecule has 0 bridgehead atoms. The lowest BCUT2D eigenvalue weighted by Crippen LogP contribution is -2.56. The van der Waals surface area contributed by atoms with Gasteiger partial charge < -0.3 is 0 Å². The van der Waals surface area contributed by atoms with Gasteiger partial charge in [0.15, 0.2) is 0 Å². The standard InChI is InChI=1S/C17H15ClN4O2/c1-12(23)21-11-22(15-9-7-14(18)8-10-15)20-17(19-21)16(24)13-5-3-2-4-6-13/h2-10H,11H2,1H3,(H,19,20). The van der Waals surface area contributed by atoms with Crippen molar-refractivity contribution >= 4 is 34.8 Å². The molecule has 0 atom stereocenters. The molecule has 0 fully saturated rings. The number of nitrogens with zero attached hydrogens (tertiary/aromatic N) is 3. The number of hydrogen-bond donors (Lipinski definition) is 1. The second-order valence-electron chi connectivity index (χ2n) is 5.22. The van der Waals surface area contributed by atoms with Gasteiger partial charge in [-0.05, 0) is 24.3 Å². The van der Waals surface area contributed by atoms with E-state index in [9.17, 15) is 9.59 Å². The Labute approximate surface area is 144 Å². The largest absolute Gasteiger partial charge is 0.285 e. The van der Waals surface area contributed by atoms with Crippen LogP contribution in [0.4, 0.5) is 5.69 Å². The van der Waals surface area contributed by atoms with E-state index in [1.807, 2.05) is 6.07 Å². The number of carbonyl (C=O) groups excluding carboxylic acids is 2. The summed E-state index contributed by atoms with van der Waals surface area (Å²) < 4.78 is 0. The van der Waals surface area contributed by atoms with Crippen LogP contribution in [0.5, 0.6) is 0 Å². The lowest BCUT2D eigenvalue weighted by atomic mass is 10.1. The molecule has 1 amide bonds. The average molecular weight is 343 g/mol. The zero-order valence-electron chi connectivity index (χ0n) is 12.9. The highest BCUT2D eigenvalue weighted by Crippen LogP contribution is 2.20. The Balaban J connectivity index is 1.95. The van der Waals surface area contributed by atoms with Crippen LogP contribution in [0.15, 0.2) is 59.7 Å². The second kappa shape index (κ2) is 6.72. The fourth-order valence-electron chi connectivity index (χ4n) is 2.23. The highest BCUT2D eigenvalue weighted by molar-refractivity contribution is 6.45. The molecule has 0 radical (unpaired) electrons. The number of ketones is 1. The third kappa shape index (κ3) is 3.38. The number of hydrazine groups is 1. The van der Waals surface area contributed by atoms with Gasteiger partial charge in [0, 0.05) is 17.5 Å². The van der Waals surface area contributed by atoms with Crippen LogP contribution in [0, 0.1) is 0 Å². The maximum absolute atomic E-state index is 12.6. The highest BCUT2D eigenvalue weighted by atomic mass is 35.5. The Hall–Kier alpha value is -2.86. The smallest absolute Gasteiger partial charge is 0.239 e. The van der Waals surface area contributed by atoms with Crippen molar-refractivity contribution in [1.29, 1.82) is 0 Å². The van der Waals surface area contributed by atoms with Crippen LogP contribution in [0.3, 0.4) is 0 Å². The van der Waals surface area contributed by atoms with E-state index in [1.54, 1.807) is 53.5 Å². The van der Waals surface area contributed by atoms with E-state index in [4.69, 9.17) is 11.6 Å². The van der Waals surface area contributed by atoms with Crippen molar-refractivity contribution < 1.29 is 9.59 Å². The Morgan fingerprint density at radius 2 is 1.75 bits per heavy atom. The minimum Gasteiger partial charge on any atom is -0.285 e. The van der Waals surface area contributed by atoms with E-state index < -0.39 is 0 Å². The molecule has 0 spiro atoms. The topological polar surface area (TPSA) is 65.0 Å². The molecule has 122 valence electrons. The molecule has 2 aromatic rings. The maximum atomic E-state index is 12.6. The summed E-state index contributed by atoms with van der Waals surface area (Å²) in [7, 11) is 0. The predicted octanol–water partition coefficient (Wildman–Crippen LogP) is 2.67. The Morgan fingerprint density at radius 3 is 2.38 bits per heavy atom. The zero-order valence-corrected chi connectivity index (χ0v) is 13.7. The number of amides is 1. The number of rotatable bonds is 3. The van der Waals surface area contributed by atoms with E-state index in [2.05, 4.69) is 10.5 Å². The molecule has 2 aromatic carbocycles. The summed E-state index contributed by atoms with van der Waals surface area (Å²) in [6, 6.07) is 15.8. The molecular weight excluding hydrogens is 328 g/mol. The first-order valence-electron chi connectivity index (χ1n) is 7.31. The normalized spacial score (nSPS) is 14.0. The van der Waals surface area contributed by atoms with Gasteiger partial charge in [0.05, 0.1) is 5.69 Å². The first kappa shape index (κ1) is 16.0. The minimum atomic E-state index is -0.291. The lowest BCUT2D eigenvalue weighted by Gasteiger charge is -2.33. The quantitative estimate of drug-likeness (QED) is 0.871. The van der Waals surface area contributed by atoms with E-state index in [1.165, 1.54) is 11.9 Å². The van der Waals surface area contributed by atoms with Gasteiger partial charge in [0.2, 0.25) is 17.5 Å². The Bertz CT molecular complexity index is 790. The van der Waals surface area contributed by atoms with Gasteiger partial charge in [-0.2, -0.15) is 0 Å². The number of nitrogens with one attached hydrogen (secondary N) is 1. The lowest BCUT2D eigenvalue weighted by molar-refractivity contribution is -0.130. The van der Waals surface area contributed by atoms with Crippen LogP contribution in [0.2, 0.25) is 5.02 Å². The van der Waals surface area contributed by atoms with Gasteiger partial charge >= 0.3 is 0 Å². The highest BCUT2D eigenvalue weighted by Gasteiger charge is 2.26. The predicted molar refractivity (Wildman–Crippen MR) is 92.7 cm³/mol. The number of anilines is 1. The summed E-state index contributed by atoms with van der Waals surface area (Å²) >= 11 is 5.90. The van der Waals surface area contributed by atoms with Crippen LogP contribution in [-0.2, 0) is 4.79 Å². The van der Waals surface area contributed by atoms with Gasteiger partial charge in [-0.1, -0.05) is 41.9 Å². The molecule has 24 heavy (non-hydrogen) atoms. The Morgan fingerprint density at radius 1 is 1.08 bits per heavy atom. The molecule has 1 heterocycles. The fourth-order valence-corrected chi connectivity index (χ4v) is 2.35. The second-order valence-corrected chi connectivity index (χ2v) is 5.66. The third-order valence-corrected chi connectivity index (χ3v) is 3.74. The van der Waals surface area contributed by atoms with Gasteiger partial charge in [0.25, 0.3) is 0 Å². The van der Waals surface area contributed by atoms with Crippen molar-refractivity contribution in [3.63, 3.8) is 0 Å². The van der Waals surface area contributed by atoms with Crippen LogP contribution in [0.25, 0.3) is 0 Å². The molecule has 0 aromatic heterocycles. The summed E-state index contributed by atoms with van der Waals surface area (Å²) in [5, 5.41) is 7.85. The monoisotopic (exact) mass is 342 g/mol. The molecule has 7 heteroatoms. The molecule has 0 aliphatic carbocycles. The Kier molecular flexibility index (Phi) is 4.48. The van der Waals surface area contributed by atoms with Gasteiger partial charge in [-0.25, -0.2) is 10.0 Å². The van der Waals surface area contributed by atoms with Crippen LogP contribution >= 0.6 is 11.6 Å². The molecule has 3 rings (SSSR count). The number of hydrogen-bond acceptors (Lipinski definition) is 5. The molecule has 0 saturated carbocycles. The number of carbonyl (C=O) groups is 2. The summed E-state index contributed by atoms with van der Waals surface area (Å²) in [6.07, 6.45) is 0. The molecule has 1 N–H and O–H groups in total. The molecule has 6 nitrogen and oxygen atoms in total. The summed E-state index contributed by atoms with van der Waals surface area (Å²) in [4.78, 5) is 24.4. The number of Topliss-reactive ketones (excluding diaryl/α,β-unsaturated/α-hetero) is 1. The van der Waals surface area contributed by atoms with Crippen LogP contribution in [-0.4, -0.2) is 29.2 Å². The van der Waals surface area contributed by atoms with E-state index in [0.717, 1.165) is 5.69 Å². The first-order valence-corrected chi connectivity index (χ1v) is 7.68. The van der Waals surface area contributed by atoms with Crippen molar-refractivity contribution in [2.45, 2.75) is 6.92 Å².